The number of anilines is 1. The monoisotopic (exact) mass is 351 g/mol. The maximum absolute atomic E-state index is 12.5. The summed E-state index contributed by atoms with van der Waals surface area (Å²) in [6.07, 6.45) is 5.48. The highest BCUT2D eigenvalue weighted by molar-refractivity contribution is 6.05. The fraction of sp³-hybridized carbons (Fsp3) is 0.250. The predicted molar refractivity (Wildman–Crippen MR) is 99.5 cm³/mol. The average Bonchev–Trinajstić information content (AvgIpc) is 3.01. The van der Waals surface area contributed by atoms with Crippen molar-refractivity contribution in [1.29, 1.82) is 0 Å². The number of fused-ring (bicyclic) bond motifs is 1. The molecule has 26 heavy (non-hydrogen) atoms. The summed E-state index contributed by atoms with van der Waals surface area (Å²) in [5.74, 6) is -0.645. The van der Waals surface area contributed by atoms with Gasteiger partial charge in [0.15, 0.2) is 0 Å². The second-order valence-corrected chi connectivity index (χ2v) is 6.09. The standard InChI is InChI=1S/C20H21N3O3/c1-3-4-10-26-20(25)16-6-5-7-17(11-16)22-19(24)15-8-9-23-13-14(2)21-18(23)12-15/h5-9,11-13H,3-4,10H2,1-2H3,(H,22,24). The number of benzene rings is 1. The molecule has 134 valence electrons. The summed E-state index contributed by atoms with van der Waals surface area (Å²) in [4.78, 5) is 28.9. The summed E-state index contributed by atoms with van der Waals surface area (Å²) < 4.78 is 7.06. The summed E-state index contributed by atoms with van der Waals surface area (Å²) in [7, 11) is 0. The van der Waals surface area contributed by atoms with Gasteiger partial charge in [0.25, 0.3) is 5.91 Å². The Bertz CT molecular complexity index is 946. The molecule has 0 spiro atoms. The van der Waals surface area contributed by atoms with E-state index >= 15 is 0 Å². The first-order chi connectivity index (χ1) is 12.6. The Morgan fingerprint density at radius 1 is 1.19 bits per heavy atom. The molecule has 0 saturated carbocycles. The van der Waals surface area contributed by atoms with Crippen LogP contribution in [0.3, 0.4) is 0 Å². The van der Waals surface area contributed by atoms with Crippen LogP contribution < -0.4 is 5.32 Å². The van der Waals surface area contributed by atoms with Crippen molar-refractivity contribution in [3.05, 3.63) is 65.6 Å². The Balaban J connectivity index is 1.72. The number of amides is 1. The molecule has 2 aromatic heterocycles. The number of rotatable bonds is 6. The maximum Gasteiger partial charge on any atom is 0.338 e. The third kappa shape index (κ3) is 4.08. The number of hydrogen-bond donors (Lipinski definition) is 1. The Kier molecular flexibility index (Phi) is 5.31. The predicted octanol–water partition coefficient (Wildman–Crippen LogP) is 3.85. The molecule has 0 radical (unpaired) electrons. The van der Waals surface area contributed by atoms with Crippen LogP contribution in [-0.2, 0) is 4.74 Å². The van der Waals surface area contributed by atoms with E-state index < -0.39 is 0 Å². The Hall–Kier alpha value is -3.15. The lowest BCUT2D eigenvalue weighted by atomic mass is 10.2. The lowest BCUT2D eigenvalue weighted by Crippen LogP contribution is -2.13. The zero-order chi connectivity index (χ0) is 18.5. The summed E-state index contributed by atoms with van der Waals surface area (Å²) in [6.45, 7) is 4.33. The van der Waals surface area contributed by atoms with Gasteiger partial charge >= 0.3 is 5.97 Å². The smallest absolute Gasteiger partial charge is 0.338 e. The van der Waals surface area contributed by atoms with Gasteiger partial charge in [0, 0.05) is 23.6 Å². The van der Waals surface area contributed by atoms with Crippen LogP contribution >= 0.6 is 0 Å². The highest BCUT2D eigenvalue weighted by atomic mass is 16.5. The van der Waals surface area contributed by atoms with Crippen LogP contribution in [-0.4, -0.2) is 27.9 Å². The molecular formula is C20H21N3O3. The average molecular weight is 351 g/mol. The molecule has 3 aromatic rings. The zero-order valence-corrected chi connectivity index (χ0v) is 14.9. The Morgan fingerprint density at radius 3 is 2.85 bits per heavy atom. The number of nitrogens with one attached hydrogen (secondary N) is 1. The van der Waals surface area contributed by atoms with Crippen LogP contribution in [0, 0.1) is 6.92 Å². The summed E-state index contributed by atoms with van der Waals surface area (Å²) in [6, 6.07) is 10.2. The molecule has 0 atom stereocenters. The topological polar surface area (TPSA) is 72.7 Å². The molecule has 0 aliphatic heterocycles. The van der Waals surface area contributed by atoms with Gasteiger partial charge in [-0.25, -0.2) is 9.78 Å². The number of aromatic nitrogens is 2. The van der Waals surface area contributed by atoms with E-state index in [1.807, 2.05) is 24.4 Å². The number of imidazole rings is 1. The van der Waals surface area contributed by atoms with Gasteiger partial charge in [0.05, 0.1) is 17.9 Å². The van der Waals surface area contributed by atoms with Crippen molar-refractivity contribution in [1.82, 2.24) is 9.38 Å². The quantitative estimate of drug-likeness (QED) is 0.541. The molecule has 0 unspecified atom stereocenters. The summed E-state index contributed by atoms with van der Waals surface area (Å²) in [5.41, 5.74) is 3.05. The largest absolute Gasteiger partial charge is 0.462 e. The lowest BCUT2D eigenvalue weighted by Gasteiger charge is -2.08. The third-order valence-electron chi connectivity index (χ3n) is 3.93. The van der Waals surface area contributed by atoms with Crippen molar-refractivity contribution in [2.24, 2.45) is 0 Å². The first-order valence-corrected chi connectivity index (χ1v) is 8.60. The number of pyridine rings is 1. The minimum absolute atomic E-state index is 0.260. The van der Waals surface area contributed by atoms with Gasteiger partial charge in [-0.15, -0.1) is 0 Å². The van der Waals surface area contributed by atoms with Crippen LogP contribution in [0.4, 0.5) is 5.69 Å². The molecule has 6 nitrogen and oxygen atoms in total. The fourth-order valence-corrected chi connectivity index (χ4v) is 2.57. The van der Waals surface area contributed by atoms with Crippen LogP contribution in [0.2, 0.25) is 0 Å². The van der Waals surface area contributed by atoms with E-state index in [0.717, 1.165) is 18.5 Å². The molecule has 1 aromatic carbocycles. The molecule has 0 aliphatic carbocycles. The van der Waals surface area contributed by atoms with E-state index in [9.17, 15) is 9.59 Å². The second kappa shape index (κ2) is 7.82. The highest BCUT2D eigenvalue weighted by Crippen LogP contribution is 2.15. The highest BCUT2D eigenvalue weighted by Gasteiger charge is 2.11. The minimum atomic E-state index is -0.385. The van der Waals surface area contributed by atoms with Gasteiger partial charge in [0.1, 0.15) is 5.65 Å². The molecular weight excluding hydrogens is 330 g/mol. The van der Waals surface area contributed by atoms with Crippen LogP contribution in [0.1, 0.15) is 46.2 Å². The number of nitrogens with zero attached hydrogens (tertiary/aromatic N) is 2. The molecule has 1 N–H and O–H groups in total. The van der Waals surface area contributed by atoms with Crippen molar-refractivity contribution in [3.8, 4) is 0 Å². The van der Waals surface area contributed by atoms with Crippen molar-refractivity contribution in [2.45, 2.75) is 26.7 Å². The van der Waals surface area contributed by atoms with Crippen molar-refractivity contribution in [3.63, 3.8) is 0 Å². The van der Waals surface area contributed by atoms with E-state index in [4.69, 9.17) is 4.74 Å². The molecule has 0 fully saturated rings. The molecule has 0 bridgehead atoms. The third-order valence-corrected chi connectivity index (χ3v) is 3.93. The zero-order valence-electron chi connectivity index (χ0n) is 14.9. The minimum Gasteiger partial charge on any atom is -0.462 e. The van der Waals surface area contributed by atoms with Crippen molar-refractivity contribution < 1.29 is 14.3 Å². The molecule has 0 aliphatic rings. The molecule has 1 amide bonds. The number of hydrogen-bond acceptors (Lipinski definition) is 4. The number of esters is 1. The number of carbonyl (C=O) groups is 2. The van der Waals surface area contributed by atoms with Crippen LogP contribution in [0.5, 0.6) is 0 Å². The first-order valence-electron chi connectivity index (χ1n) is 8.60. The van der Waals surface area contributed by atoms with Gasteiger partial charge < -0.3 is 14.5 Å². The summed E-state index contributed by atoms with van der Waals surface area (Å²) in [5, 5.41) is 2.81. The van der Waals surface area contributed by atoms with Gasteiger partial charge in [-0.2, -0.15) is 0 Å². The van der Waals surface area contributed by atoms with Crippen LogP contribution in [0.25, 0.3) is 5.65 Å². The van der Waals surface area contributed by atoms with E-state index in [-0.39, 0.29) is 11.9 Å². The number of aryl methyl sites for hydroxylation is 1. The summed E-state index contributed by atoms with van der Waals surface area (Å²) >= 11 is 0. The van der Waals surface area contributed by atoms with E-state index in [1.54, 1.807) is 42.6 Å². The van der Waals surface area contributed by atoms with E-state index in [0.29, 0.717) is 29.1 Å². The Morgan fingerprint density at radius 2 is 2.04 bits per heavy atom. The van der Waals surface area contributed by atoms with Gasteiger partial charge in [0.2, 0.25) is 0 Å². The number of unbranched alkanes of at least 4 members (excludes halogenated alkanes) is 1. The Labute approximate surface area is 151 Å². The van der Waals surface area contributed by atoms with Gasteiger partial charge in [-0.3, -0.25) is 4.79 Å². The maximum atomic E-state index is 12.5. The van der Waals surface area contributed by atoms with E-state index in [1.165, 1.54) is 0 Å². The van der Waals surface area contributed by atoms with E-state index in [2.05, 4.69) is 10.3 Å². The number of ether oxygens (including phenoxy) is 1. The molecule has 2 heterocycles. The SMILES string of the molecule is CCCCOC(=O)c1cccc(NC(=O)c2ccn3cc(C)nc3c2)c1. The van der Waals surface area contributed by atoms with Gasteiger partial charge in [-0.1, -0.05) is 19.4 Å². The van der Waals surface area contributed by atoms with Crippen molar-refractivity contribution in [2.75, 3.05) is 11.9 Å². The lowest BCUT2D eigenvalue weighted by molar-refractivity contribution is 0.0499. The molecule has 0 saturated heterocycles. The fourth-order valence-electron chi connectivity index (χ4n) is 2.57. The van der Waals surface area contributed by atoms with Gasteiger partial charge in [-0.05, 0) is 43.7 Å². The normalized spacial score (nSPS) is 10.7. The van der Waals surface area contributed by atoms with Crippen molar-refractivity contribution >= 4 is 23.2 Å². The number of carbonyl (C=O) groups excluding carboxylic acids is 2. The second-order valence-electron chi connectivity index (χ2n) is 6.09. The molecule has 6 heteroatoms. The first kappa shape index (κ1) is 17.7. The molecule has 3 rings (SSSR count). The van der Waals surface area contributed by atoms with Crippen LogP contribution in [0.15, 0.2) is 48.8 Å².